The molecule has 29 heavy (non-hydrogen) atoms. The van der Waals surface area contributed by atoms with Gasteiger partial charge in [0.05, 0.1) is 10.9 Å². The molecule has 0 amide bonds. The molecule has 9 heteroatoms. The molecular formula is C20H22F2N4O2Si. The number of pyridine rings is 1. The van der Waals surface area contributed by atoms with Gasteiger partial charge in [0.1, 0.15) is 24.2 Å². The standard InChI is InChI=1S/C20H22F2N4O2Si/c1-29(2,3)7-6-27-12-26-11-13(10-23)18-17(4-5-25-20(18)26)28-19-15(21)8-14(24)9-16(19)22/h4-5,8-9,11H,6-7,12,24H2,1-3H3. The Bertz CT molecular complexity index is 1060. The van der Waals surface area contributed by atoms with Crippen molar-refractivity contribution in [3.8, 4) is 17.6 Å². The van der Waals surface area contributed by atoms with Crippen LogP contribution in [0, 0.1) is 23.0 Å². The van der Waals surface area contributed by atoms with E-state index >= 15 is 0 Å². The predicted molar refractivity (Wildman–Crippen MR) is 109 cm³/mol. The molecular weight excluding hydrogens is 394 g/mol. The Morgan fingerprint density at radius 3 is 2.55 bits per heavy atom. The summed E-state index contributed by atoms with van der Waals surface area (Å²) in [7, 11) is -1.22. The number of aromatic nitrogens is 2. The van der Waals surface area contributed by atoms with Crippen molar-refractivity contribution in [3.05, 3.63) is 47.8 Å². The highest BCUT2D eigenvalue weighted by molar-refractivity contribution is 6.76. The van der Waals surface area contributed by atoms with Crippen molar-refractivity contribution >= 4 is 24.8 Å². The molecule has 0 atom stereocenters. The SMILES string of the molecule is C[Si](C)(C)CCOCn1cc(C#N)c2c(Oc3c(F)cc(N)cc3F)ccnc21. The van der Waals surface area contributed by atoms with E-state index in [-0.39, 0.29) is 23.7 Å². The molecule has 0 radical (unpaired) electrons. The molecule has 152 valence electrons. The number of halogens is 2. The first-order chi connectivity index (χ1) is 13.7. The average Bonchev–Trinajstić information content (AvgIpc) is 3.00. The van der Waals surface area contributed by atoms with Gasteiger partial charge in [-0.15, -0.1) is 0 Å². The van der Waals surface area contributed by atoms with Crippen LogP contribution in [-0.2, 0) is 11.5 Å². The lowest BCUT2D eigenvalue weighted by Crippen LogP contribution is -2.22. The van der Waals surface area contributed by atoms with Crippen LogP contribution in [0.4, 0.5) is 14.5 Å². The van der Waals surface area contributed by atoms with Crippen molar-refractivity contribution in [3.63, 3.8) is 0 Å². The Morgan fingerprint density at radius 2 is 1.93 bits per heavy atom. The van der Waals surface area contributed by atoms with E-state index in [0.717, 1.165) is 18.2 Å². The zero-order valence-corrected chi connectivity index (χ0v) is 17.5. The molecule has 0 spiro atoms. The van der Waals surface area contributed by atoms with Crippen LogP contribution in [0.15, 0.2) is 30.6 Å². The van der Waals surface area contributed by atoms with Crippen molar-refractivity contribution in [2.24, 2.45) is 0 Å². The molecule has 2 aromatic heterocycles. The maximum absolute atomic E-state index is 14.1. The fraction of sp³-hybridized carbons (Fsp3) is 0.300. The van der Waals surface area contributed by atoms with Gasteiger partial charge in [0, 0.05) is 44.9 Å². The number of hydrogen-bond acceptors (Lipinski definition) is 5. The molecule has 0 saturated heterocycles. The molecule has 0 saturated carbocycles. The number of benzene rings is 1. The highest BCUT2D eigenvalue weighted by Crippen LogP contribution is 2.35. The Hall–Kier alpha value is -2.96. The Kier molecular flexibility index (Phi) is 5.86. The van der Waals surface area contributed by atoms with Gasteiger partial charge in [-0.05, 0) is 12.1 Å². The number of nitriles is 1. The van der Waals surface area contributed by atoms with Crippen LogP contribution in [0.3, 0.4) is 0 Å². The summed E-state index contributed by atoms with van der Waals surface area (Å²) >= 11 is 0. The Labute approximate surface area is 168 Å². The third-order valence-electron chi connectivity index (χ3n) is 4.30. The largest absolute Gasteiger partial charge is 0.450 e. The molecule has 2 heterocycles. The zero-order valence-electron chi connectivity index (χ0n) is 16.5. The molecule has 0 aliphatic rings. The Balaban J connectivity index is 1.93. The van der Waals surface area contributed by atoms with Crippen LogP contribution in [0.25, 0.3) is 11.0 Å². The molecule has 1 aromatic carbocycles. The minimum atomic E-state index is -1.22. The van der Waals surface area contributed by atoms with E-state index in [1.165, 1.54) is 12.3 Å². The summed E-state index contributed by atoms with van der Waals surface area (Å²) in [4.78, 5) is 4.29. The monoisotopic (exact) mass is 416 g/mol. The number of nitrogen functional groups attached to an aromatic ring is 1. The summed E-state index contributed by atoms with van der Waals surface area (Å²) in [5.41, 5.74) is 6.10. The summed E-state index contributed by atoms with van der Waals surface area (Å²) in [6.07, 6.45) is 3.04. The minimum Gasteiger partial charge on any atom is -0.450 e. The van der Waals surface area contributed by atoms with E-state index in [9.17, 15) is 14.0 Å². The van der Waals surface area contributed by atoms with Gasteiger partial charge in [-0.1, -0.05) is 19.6 Å². The molecule has 0 bridgehead atoms. The number of fused-ring (bicyclic) bond motifs is 1. The van der Waals surface area contributed by atoms with E-state index in [1.54, 1.807) is 10.8 Å². The van der Waals surface area contributed by atoms with E-state index < -0.39 is 25.5 Å². The maximum Gasteiger partial charge on any atom is 0.198 e. The topological polar surface area (TPSA) is 86.1 Å². The van der Waals surface area contributed by atoms with Gasteiger partial charge in [-0.2, -0.15) is 5.26 Å². The fourth-order valence-electron chi connectivity index (χ4n) is 2.78. The lowest BCUT2D eigenvalue weighted by Gasteiger charge is -2.15. The molecule has 3 rings (SSSR count). The highest BCUT2D eigenvalue weighted by Gasteiger charge is 2.19. The molecule has 0 fully saturated rings. The van der Waals surface area contributed by atoms with Crippen molar-refractivity contribution < 1.29 is 18.3 Å². The van der Waals surface area contributed by atoms with Gasteiger partial charge in [0.2, 0.25) is 0 Å². The van der Waals surface area contributed by atoms with E-state index in [4.69, 9.17) is 15.2 Å². The van der Waals surface area contributed by atoms with Gasteiger partial charge in [0.25, 0.3) is 0 Å². The fourth-order valence-corrected chi connectivity index (χ4v) is 3.54. The average molecular weight is 417 g/mol. The summed E-state index contributed by atoms with van der Waals surface area (Å²) in [6, 6.07) is 6.48. The molecule has 2 N–H and O–H groups in total. The van der Waals surface area contributed by atoms with E-state index in [2.05, 4.69) is 30.7 Å². The predicted octanol–water partition coefficient (Wildman–Crippen LogP) is 4.87. The second-order valence-electron chi connectivity index (χ2n) is 7.90. The smallest absolute Gasteiger partial charge is 0.198 e. The van der Waals surface area contributed by atoms with Gasteiger partial charge >= 0.3 is 0 Å². The first-order valence-electron chi connectivity index (χ1n) is 9.07. The van der Waals surface area contributed by atoms with E-state index in [0.29, 0.717) is 17.6 Å². The number of rotatable bonds is 7. The summed E-state index contributed by atoms with van der Waals surface area (Å²) < 4.78 is 41.2. The van der Waals surface area contributed by atoms with E-state index in [1.807, 2.05) is 0 Å². The molecule has 0 aliphatic carbocycles. The quantitative estimate of drug-likeness (QED) is 0.337. The first kappa shape index (κ1) is 20.8. The number of nitrogens with zero attached hydrogens (tertiary/aromatic N) is 3. The van der Waals surface area contributed by atoms with Crippen LogP contribution in [0.5, 0.6) is 11.5 Å². The second kappa shape index (κ2) is 8.19. The number of ether oxygens (including phenoxy) is 2. The van der Waals surface area contributed by atoms with Crippen molar-refractivity contribution in [2.75, 3.05) is 12.3 Å². The molecule has 3 aromatic rings. The molecule has 0 unspecified atom stereocenters. The van der Waals surface area contributed by atoms with Gasteiger partial charge < -0.3 is 19.8 Å². The van der Waals surface area contributed by atoms with Crippen molar-refractivity contribution in [1.82, 2.24) is 9.55 Å². The lowest BCUT2D eigenvalue weighted by molar-refractivity contribution is 0.0898. The lowest BCUT2D eigenvalue weighted by atomic mass is 10.2. The summed E-state index contributed by atoms with van der Waals surface area (Å²) in [5, 5.41) is 9.88. The maximum atomic E-state index is 14.1. The van der Waals surface area contributed by atoms with Crippen LogP contribution >= 0.6 is 0 Å². The van der Waals surface area contributed by atoms with Gasteiger partial charge in [-0.3, -0.25) is 0 Å². The van der Waals surface area contributed by atoms with Crippen LogP contribution in [0.1, 0.15) is 5.56 Å². The number of hydrogen-bond donors (Lipinski definition) is 1. The normalized spacial score (nSPS) is 11.6. The second-order valence-corrected chi connectivity index (χ2v) is 13.5. The third kappa shape index (κ3) is 4.72. The Morgan fingerprint density at radius 1 is 1.24 bits per heavy atom. The first-order valence-corrected chi connectivity index (χ1v) is 12.8. The number of nitrogens with two attached hydrogens (primary N) is 1. The zero-order chi connectivity index (χ0) is 21.2. The molecule has 0 aliphatic heterocycles. The van der Waals surface area contributed by atoms with Crippen molar-refractivity contribution in [1.29, 1.82) is 5.26 Å². The highest BCUT2D eigenvalue weighted by atomic mass is 28.3. The van der Waals surface area contributed by atoms with Crippen LogP contribution in [-0.4, -0.2) is 24.2 Å². The summed E-state index contributed by atoms with van der Waals surface area (Å²) in [6.45, 7) is 7.60. The van der Waals surface area contributed by atoms with Crippen LogP contribution < -0.4 is 10.5 Å². The van der Waals surface area contributed by atoms with Crippen molar-refractivity contribution in [2.45, 2.75) is 32.4 Å². The van der Waals surface area contributed by atoms with Gasteiger partial charge in [0.15, 0.2) is 17.4 Å². The third-order valence-corrected chi connectivity index (χ3v) is 6.00. The van der Waals surface area contributed by atoms with Gasteiger partial charge in [-0.25, -0.2) is 13.8 Å². The summed E-state index contributed by atoms with van der Waals surface area (Å²) in [5.74, 6) is -2.33. The molecule has 6 nitrogen and oxygen atoms in total. The minimum absolute atomic E-state index is 0.0495. The number of anilines is 1. The van der Waals surface area contributed by atoms with Crippen LogP contribution in [0.2, 0.25) is 25.7 Å².